The van der Waals surface area contributed by atoms with Crippen LogP contribution in [0.3, 0.4) is 0 Å². The van der Waals surface area contributed by atoms with Crippen molar-refractivity contribution in [2.24, 2.45) is 0 Å². The Morgan fingerprint density at radius 2 is 1.00 bits per heavy atom. The highest BCUT2D eigenvalue weighted by atomic mass is 16.8. The minimum absolute atomic E-state index is 0.162. The lowest BCUT2D eigenvalue weighted by atomic mass is 9.97. The predicted octanol–water partition coefficient (Wildman–Crippen LogP) is 2.98. The molecular weight excluding hydrogens is 312 g/mol. The van der Waals surface area contributed by atoms with Gasteiger partial charge >= 0.3 is 0 Å². The topological polar surface area (TPSA) is 55.4 Å². The van der Waals surface area contributed by atoms with Gasteiger partial charge in [-0.3, -0.25) is 0 Å². The zero-order valence-electron chi connectivity index (χ0n) is 15.8. The van der Waals surface area contributed by atoms with E-state index in [2.05, 4.69) is 20.8 Å². The van der Waals surface area contributed by atoms with E-state index in [0.717, 1.165) is 19.3 Å². The summed E-state index contributed by atoms with van der Waals surface area (Å²) in [6.07, 6.45) is 1.51. The van der Waals surface area contributed by atoms with Gasteiger partial charge in [-0.1, -0.05) is 20.8 Å². The summed E-state index contributed by atoms with van der Waals surface area (Å²) in [5.74, 6) is -1.82. The number of hydrogen-bond acceptors (Lipinski definition) is 6. The van der Waals surface area contributed by atoms with Crippen molar-refractivity contribution in [1.29, 1.82) is 0 Å². The van der Waals surface area contributed by atoms with Crippen molar-refractivity contribution < 1.29 is 28.4 Å². The smallest absolute Gasteiger partial charge is 0.166 e. The van der Waals surface area contributed by atoms with Crippen molar-refractivity contribution in [2.75, 3.05) is 13.2 Å². The molecule has 0 aromatic carbocycles. The first kappa shape index (κ1) is 18.5. The minimum atomic E-state index is -0.660. The van der Waals surface area contributed by atoms with Crippen molar-refractivity contribution in [1.82, 2.24) is 0 Å². The molecular formula is C18H32O6. The molecule has 3 aliphatic rings. The third-order valence-corrected chi connectivity index (χ3v) is 5.66. The van der Waals surface area contributed by atoms with Crippen LogP contribution in [0.5, 0.6) is 0 Å². The molecule has 6 nitrogen and oxygen atoms in total. The highest BCUT2D eigenvalue weighted by Crippen LogP contribution is 2.41. The van der Waals surface area contributed by atoms with E-state index in [-0.39, 0.29) is 24.4 Å². The summed E-state index contributed by atoms with van der Waals surface area (Å²) in [6.45, 7) is 13.1. The van der Waals surface area contributed by atoms with Crippen LogP contribution in [0, 0.1) is 0 Å². The van der Waals surface area contributed by atoms with Crippen LogP contribution in [0.25, 0.3) is 0 Å². The molecule has 3 heterocycles. The van der Waals surface area contributed by atoms with Gasteiger partial charge in [0.1, 0.15) is 24.4 Å². The Labute approximate surface area is 145 Å². The largest absolute Gasteiger partial charge is 0.347 e. The fourth-order valence-corrected chi connectivity index (χ4v) is 3.47. The van der Waals surface area contributed by atoms with Gasteiger partial charge in [0.05, 0.1) is 13.2 Å². The highest BCUT2D eigenvalue weighted by Gasteiger charge is 2.55. The zero-order chi connectivity index (χ0) is 17.6. The van der Waals surface area contributed by atoms with Gasteiger partial charge in [-0.15, -0.1) is 0 Å². The van der Waals surface area contributed by atoms with E-state index in [1.807, 2.05) is 20.8 Å². The van der Waals surface area contributed by atoms with Crippen LogP contribution in [-0.2, 0) is 28.4 Å². The molecule has 3 fully saturated rings. The van der Waals surface area contributed by atoms with Gasteiger partial charge in [-0.25, -0.2) is 0 Å². The molecule has 0 saturated carbocycles. The van der Waals surface area contributed by atoms with E-state index in [1.165, 1.54) is 0 Å². The number of fused-ring (bicyclic) bond motifs is 1. The first-order valence-corrected chi connectivity index (χ1v) is 9.24. The molecule has 0 amide bonds. The van der Waals surface area contributed by atoms with E-state index < -0.39 is 17.4 Å². The summed E-state index contributed by atoms with van der Waals surface area (Å²) in [6, 6.07) is 0. The Morgan fingerprint density at radius 3 is 1.42 bits per heavy atom. The van der Waals surface area contributed by atoms with Gasteiger partial charge in [-0.05, 0) is 40.0 Å². The Morgan fingerprint density at radius 1 is 0.625 bits per heavy atom. The monoisotopic (exact) mass is 344 g/mol. The van der Waals surface area contributed by atoms with Gasteiger partial charge in [0.25, 0.3) is 0 Å². The molecule has 6 heteroatoms. The molecule has 3 rings (SSSR count). The fraction of sp³-hybridized carbons (Fsp3) is 1.00. The van der Waals surface area contributed by atoms with Crippen LogP contribution in [0.2, 0.25) is 0 Å². The minimum Gasteiger partial charge on any atom is -0.347 e. The second-order valence-electron chi connectivity index (χ2n) is 7.56. The van der Waals surface area contributed by atoms with Gasteiger partial charge < -0.3 is 28.4 Å². The Kier molecular flexibility index (Phi) is 5.01. The molecule has 0 aromatic rings. The third kappa shape index (κ3) is 3.37. The maximum Gasteiger partial charge on any atom is 0.166 e. The predicted molar refractivity (Wildman–Crippen MR) is 87.5 cm³/mol. The Bertz CT molecular complexity index is 459. The maximum atomic E-state index is 6.34. The van der Waals surface area contributed by atoms with Crippen LogP contribution in [0.4, 0.5) is 0 Å². The first-order chi connectivity index (χ1) is 11.3. The highest BCUT2D eigenvalue weighted by molar-refractivity contribution is 4.96. The first-order valence-electron chi connectivity index (χ1n) is 9.24. The van der Waals surface area contributed by atoms with Gasteiger partial charge in [0, 0.05) is 0 Å². The summed E-state index contributed by atoms with van der Waals surface area (Å²) >= 11 is 0. The van der Waals surface area contributed by atoms with Gasteiger partial charge in [-0.2, -0.15) is 0 Å². The molecule has 0 radical (unpaired) electrons. The van der Waals surface area contributed by atoms with E-state index >= 15 is 0 Å². The van der Waals surface area contributed by atoms with E-state index in [9.17, 15) is 0 Å². The summed E-state index contributed by atoms with van der Waals surface area (Å²) < 4.78 is 36.8. The normalized spacial score (nSPS) is 52.2. The molecule has 7 atom stereocenters. The Hall–Kier alpha value is -0.240. The quantitative estimate of drug-likeness (QED) is 0.781. The molecule has 3 unspecified atom stereocenters. The van der Waals surface area contributed by atoms with Gasteiger partial charge in [0.2, 0.25) is 0 Å². The third-order valence-electron chi connectivity index (χ3n) is 5.66. The summed E-state index contributed by atoms with van der Waals surface area (Å²) in [5.41, 5.74) is 0. The number of rotatable bonds is 4. The summed E-state index contributed by atoms with van der Waals surface area (Å²) in [5, 5.41) is 0. The Balaban J connectivity index is 1.83. The SMILES string of the molecule is CCC1(C)OC[C@@H]2OC(C)(CC)O[C@H]([C@H]3COC(C)(CC)O3)[C@@H]2O1. The number of ether oxygens (including phenoxy) is 6. The average molecular weight is 344 g/mol. The van der Waals surface area contributed by atoms with E-state index in [4.69, 9.17) is 28.4 Å². The lowest BCUT2D eigenvalue weighted by molar-refractivity contribution is -0.422. The number of hydrogen-bond donors (Lipinski definition) is 0. The molecule has 3 saturated heterocycles. The van der Waals surface area contributed by atoms with Crippen LogP contribution >= 0.6 is 0 Å². The van der Waals surface area contributed by atoms with Crippen LogP contribution in [0.15, 0.2) is 0 Å². The second-order valence-corrected chi connectivity index (χ2v) is 7.56. The lowest BCUT2D eigenvalue weighted by Gasteiger charge is -2.53. The molecule has 0 spiro atoms. The van der Waals surface area contributed by atoms with Crippen molar-refractivity contribution in [3.63, 3.8) is 0 Å². The van der Waals surface area contributed by atoms with Crippen LogP contribution < -0.4 is 0 Å². The van der Waals surface area contributed by atoms with Crippen molar-refractivity contribution in [3.05, 3.63) is 0 Å². The summed E-state index contributed by atoms with van der Waals surface area (Å²) in [4.78, 5) is 0. The molecule has 0 N–H and O–H groups in total. The van der Waals surface area contributed by atoms with Crippen molar-refractivity contribution >= 4 is 0 Å². The molecule has 140 valence electrons. The van der Waals surface area contributed by atoms with Crippen LogP contribution in [-0.4, -0.2) is 55.0 Å². The van der Waals surface area contributed by atoms with Crippen molar-refractivity contribution in [2.45, 2.75) is 103 Å². The standard InChI is InChI=1S/C18H32O6/c1-7-16(4)19-10-12(21-16)15-14-13(22-18(6,9-3)24-15)11-20-17(5,8-2)23-14/h12-15H,7-11H2,1-6H3/t12-,13+,14-,15-,16?,17?,18?/m1/s1. The zero-order valence-corrected chi connectivity index (χ0v) is 15.8. The average Bonchev–Trinajstić information content (AvgIpc) is 2.98. The molecule has 0 aliphatic carbocycles. The second kappa shape index (κ2) is 6.49. The lowest BCUT2D eigenvalue weighted by Crippen LogP contribution is -2.66. The maximum absolute atomic E-state index is 6.34. The fourth-order valence-electron chi connectivity index (χ4n) is 3.47. The summed E-state index contributed by atoms with van der Waals surface area (Å²) in [7, 11) is 0. The van der Waals surface area contributed by atoms with Crippen LogP contribution in [0.1, 0.15) is 60.8 Å². The molecule has 3 aliphatic heterocycles. The molecule has 0 bridgehead atoms. The molecule has 24 heavy (non-hydrogen) atoms. The van der Waals surface area contributed by atoms with Crippen molar-refractivity contribution in [3.8, 4) is 0 Å². The van der Waals surface area contributed by atoms with Gasteiger partial charge in [0.15, 0.2) is 17.4 Å². The van der Waals surface area contributed by atoms with E-state index in [1.54, 1.807) is 0 Å². The molecule has 0 aromatic heterocycles. The van der Waals surface area contributed by atoms with E-state index in [0.29, 0.717) is 13.2 Å².